The van der Waals surface area contributed by atoms with Crippen LogP contribution in [0.2, 0.25) is 0 Å². The largest absolute Gasteiger partial charge is 0.494 e. The first kappa shape index (κ1) is 27.6. The average molecular weight is 547 g/mol. The minimum absolute atomic E-state index is 0.0404. The molecule has 0 saturated heterocycles. The number of amides is 1. The fourth-order valence-electron chi connectivity index (χ4n) is 4.92. The van der Waals surface area contributed by atoms with Gasteiger partial charge in [-0.05, 0) is 79.6 Å². The standard InChI is InChI=1S/C28H32F2N2O5S/c1-3-36-28(33)31-27-8-6-20-5-7-23(37-11-4-12-38(34,35)24-9-10-32(2)18-24)17-25(20)26(27)15-19-13-21(29)16-22(30)14-19/h5,7,9-10,13-14,16-18,26-27H,3-4,6,8,11-12,15H2,1-2H3,(H,31,33). The Morgan fingerprint density at radius 3 is 2.58 bits per heavy atom. The second-order valence-electron chi connectivity index (χ2n) is 9.49. The number of nitrogens with one attached hydrogen (secondary N) is 1. The van der Waals surface area contributed by atoms with E-state index in [2.05, 4.69) is 5.32 Å². The lowest BCUT2D eigenvalue weighted by Gasteiger charge is -2.34. The van der Waals surface area contributed by atoms with E-state index >= 15 is 0 Å². The van der Waals surface area contributed by atoms with Gasteiger partial charge in [-0.2, -0.15) is 0 Å². The molecule has 0 saturated carbocycles. The summed E-state index contributed by atoms with van der Waals surface area (Å²) < 4.78 is 65.5. The molecule has 2 unspecified atom stereocenters. The van der Waals surface area contributed by atoms with Gasteiger partial charge < -0.3 is 19.4 Å². The molecule has 1 N–H and O–H groups in total. The van der Waals surface area contributed by atoms with Gasteiger partial charge in [0, 0.05) is 37.5 Å². The van der Waals surface area contributed by atoms with Gasteiger partial charge in [0.25, 0.3) is 0 Å². The number of aryl methyl sites for hydroxylation is 2. The van der Waals surface area contributed by atoms with Crippen LogP contribution in [0.4, 0.5) is 13.6 Å². The molecule has 1 amide bonds. The number of rotatable bonds is 10. The molecular weight excluding hydrogens is 514 g/mol. The Morgan fingerprint density at radius 1 is 1.13 bits per heavy atom. The summed E-state index contributed by atoms with van der Waals surface area (Å²) in [6.07, 6.45) is 4.69. The summed E-state index contributed by atoms with van der Waals surface area (Å²) in [6, 6.07) is 10.4. The molecule has 2 atom stereocenters. The van der Waals surface area contributed by atoms with Crippen molar-refractivity contribution in [2.45, 2.75) is 49.5 Å². The molecule has 1 heterocycles. The normalized spacial score (nSPS) is 17.1. The quantitative estimate of drug-likeness (QED) is 0.365. The monoisotopic (exact) mass is 546 g/mol. The van der Waals surface area contributed by atoms with E-state index in [1.807, 2.05) is 18.2 Å². The summed E-state index contributed by atoms with van der Waals surface area (Å²) in [5.74, 6) is -1.07. The smallest absolute Gasteiger partial charge is 0.407 e. The lowest BCUT2D eigenvalue weighted by Crippen LogP contribution is -2.43. The topological polar surface area (TPSA) is 86.6 Å². The molecule has 0 bridgehead atoms. The van der Waals surface area contributed by atoms with Gasteiger partial charge in [-0.1, -0.05) is 6.07 Å². The number of hydrogen-bond donors (Lipinski definition) is 1. The van der Waals surface area contributed by atoms with E-state index in [1.165, 1.54) is 12.1 Å². The van der Waals surface area contributed by atoms with Gasteiger partial charge >= 0.3 is 6.09 Å². The maximum absolute atomic E-state index is 13.9. The van der Waals surface area contributed by atoms with Crippen LogP contribution in [0.15, 0.2) is 59.8 Å². The Bertz CT molecular complexity index is 1370. The van der Waals surface area contributed by atoms with Gasteiger partial charge in [0.2, 0.25) is 0 Å². The highest BCUT2D eigenvalue weighted by molar-refractivity contribution is 7.91. The Morgan fingerprint density at radius 2 is 1.89 bits per heavy atom. The van der Waals surface area contributed by atoms with E-state index in [9.17, 15) is 22.0 Å². The summed E-state index contributed by atoms with van der Waals surface area (Å²) in [7, 11) is -1.63. The van der Waals surface area contributed by atoms with Crippen LogP contribution < -0.4 is 10.1 Å². The summed E-state index contributed by atoms with van der Waals surface area (Å²) >= 11 is 0. The van der Waals surface area contributed by atoms with Crippen molar-refractivity contribution >= 4 is 15.9 Å². The fourth-order valence-corrected chi connectivity index (χ4v) is 6.24. The predicted octanol–water partition coefficient (Wildman–Crippen LogP) is 4.93. The van der Waals surface area contributed by atoms with Crippen molar-refractivity contribution in [1.82, 2.24) is 9.88 Å². The third kappa shape index (κ3) is 6.92. The number of hydrogen-bond acceptors (Lipinski definition) is 5. The molecule has 10 heteroatoms. The Balaban J connectivity index is 1.50. The number of alkyl carbamates (subject to hydrolysis) is 1. The Labute approximate surface area is 221 Å². The number of ether oxygens (including phenoxy) is 2. The Kier molecular flexibility index (Phi) is 8.71. The van der Waals surface area contributed by atoms with Crippen molar-refractivity contribution < 1.29 is 31.5 Å². The van der Waals surface area contributed by atoms with Gasteiger partial charge in [-0.25, -0.2) is 22.0 Å². The number of carbonyl (C=O) groups excluding carboxylic acids is 1. The maximum atomic E-state index is 13.9. The molecule has 0 radical (unpaired) electrons. The van der Waals surface area contributed by atoms with Crippen LogP contribution in [0.1, 0.15) is 42.4 Å². The van der Waals surface area contributed by atoms with Crippen molar-refractivity contribution in [3.8, 4) is 5.75 Å². The summed E-state index contributed by atoms with van der Waals surface area (Å²) in [5, 5.41) is 2.91. The number of nitrogens with zero attached hydrogens (tertiary/aromatic N) is 1. The zero-order chi connectivity index (χ0) is 27.3. The molecule has 7 nitrogen and oxygen atoms in total. The zero-order valence-electron chi connectivity index (χ0n) is 21.5. The van der Waals surface area contributed by atoms with Gasteiger partial charge in [0.15, 0.2) is 9.84 Å². The minimum Gasteiger partial charge on any atom is -0.494 e. The van der Waals surface area contributed by atoms with Gasteiger partial charge in [-0.3, -0.25) is 0 Å². The number of fused-ring (bicyclic) bond motifs is 1. The molecule has 0 spiro atoms. The van der Waals surface area contributed by atoms with E-state index < -0.39 is 27.6 Å². The van der Waals surface area contributed by atoms with Crippen LogP contribution in [-0.4, -0.2) is 44.1 Å². The molecule has 3 aromatic rings. The second-order valence-corrected chi connectivity index (χ2v) is 11.6. The van der Waals surface area contributed by atoms with Crippen molar-refractivity contribution in [3.63, 3.8) is 0 Å². The molecule has 1 aromatic heterocycles. The molecule has 38 heavy (non-hydrogen) atoms. The molecule has 0 fully saturated rings. The summed E-state index contributed by atoms with van der Waals surface area (Å²) in [6.45, 7) is 2.15. The van der Waals surface area contributed by atoms with Crippen molar-refractivity contribution in [2.75, 3.05) is 19.0 Å². The third-order valence-corrected chi connectivity index (χ3v) is 8.46. The van der Waals surface area contributed by atoms with Crippen LogP contribution in [0.3, 0.4) is 0 Å². The highest BCUT2D eigenvalue weighted by Crippen LogP contribution is 2.37. The zero-order valence-corrected chi connectivity index (χ0v) is 22.3. The highest BCUT2D eigenvalue weighted by atomic mass is 32.2. The first-order valence-electron chi connectivity index (χ1n) is 12.6. The molecular formula is C28H32F2N2O5S. The molecule has 1 aliphatic carbocycles. The first-order chi connectivity index (χ1) is 18.1. The lowest BCUT2D eigenvalue weighted by atomic mass is 9.76. The molecule has 2 aromatic carbocycles. The summed E-state index contributed by atoms with van der Waals surface area (Å²) in [4.78, 5) is 12.5. The maximum Gasteiger partial charge on any atom is 0.407 e. The van der Waals surface area contributed by atoms with E-state index in [4.69, 9.17) is 9.47 Å². The van der Waals surface area contributed by atoms with Gasteiger partial charge in [0.1, 0.15) is 17.4 Å². The number of carbonyl (C=O) groups is 1. The number of halogens is 2. The molecule has 4 rings (SSSR count). The predicted molar refractivity (Wildman–Crippen MR) is 139 cm³/mol. The van der Waals surface area contributed by atoms with E-state index in [-0.39, 0.29) is 35.8 Å². The van der Waals surface area contributed by atoms with Crippen LogP contribution in [0, 0.1) is 11.6 Å². The van der Waals surface area contributed by atoms with Crippen molar-refractivity contribution in [2.24, 2.45) is 7.05 Å². The van der Waals surface area contributed by atoms with E-state index in [1.54, 1.807) is 37.0 Å². The van der Waals surface area contributed by atoms with Crippen LogP contribution in [-0.2, 0) is 34.5 Å². The van der Waals surface area contributed by atoms with Crippen LogP contribution in [0.25, 0.3) is 0 Å². The number of sulfone groups is 1. The molecule has 1 aliphatic rings. The summed E-state index contributed by atoms with van der Waals surface area (Å²) in [5.41, 5.74) is 2.46. The highest BCUT2D eigenvalue weighted by Gasteiger charge is 2.32. The second kappa shape index (κ2) is 12.0. The minimum atomic E-state index is -3.40. The average Bonchev–Trinajstić information content (AvgIpc) is 3.30. The van der Waals surface area contributed by atoms with Crippen LogP contribution >= 0.6 is 0 Å². The third-order valence-electron chi connectivity index (χ3n) is 6.67. The van der Waals surface area contributed by atoms with Crippen LogP contribution in [0.5, 0.6) is 5.75 Å². The fraction of sp³-hybridized carbons (Fsp3) is 0.393. The van der Waals surface area contributed by atoms with E-state index in [0.29, 0.717) is 37.0 Å². The number of aromatic nitrogens is 1. The first-order valence-corrected chi connectivity index (χ1v) is 14.3. The van der Waals surface area contributed by atoms with Crippen molar-refractivity contribution in [1.29, 1.82) is 0 Å². The van der Waals surface area contributed by atoms with Crippen molar-refractivity contribution in [3.05, 3.63) is 83.2 Å². The lowest BCUT2D eigenvalue weighted by molar-refractivity contribution is 0.144. The van der Waals surface area contributed by atoms with E-state index in [0.717, 1.165) is 17.2 Å². The van der Waals surface area contributed by atoms with Gasteiger partial charge in [0.05, 0.1) is 23.9 Å². The molecule has 0 aliphatic heterocycles. The number of benzene rings is 2. The van der Waals surface area contributed by atoms with Gasteiger partial charge in [-0.15, -0.1) is 0 Å². The Hall–Kier alpha value is -3.40. The SMILES string of the molecule is CCOC(=O)NC1CCc2ccc(OCCCS(=O)(=O)c3ccn(C)c3)cc2C1Cc1cc(F)cc(F)c1. The molecule has 204 valence electrons.